The molecule has 0 spiro atoms. The predicted octanol–water partition coefficient (Wildman–Crippen LogP) is 4.13. The Bertz CT molecular complexity index is 1060. The van der Waals surface area contributed by atoms with Gasteiger partial charge in [0.25, 0.3) is 11.8 Å². The Balaban J connectivity index is 1.54. The molecule has 0 unspecified atom stereocenters. The van der Waals surface area contributed by atoms with Crippen molar-refractivity contribution in [2.45, 2.75) is 6.92 Å². The number of carbonyl (C=O) groups excluding carboxylic acids is 3. The lowest BCUT2D eigenvalue weighted by Gasteiger charge is -2.08. The summed E-state index contributed by atoms with van der Waals surface area (Å²) in [4.78, 5) is 36.1. The fourth-order valence-corrected chi connectivity index (χ4v) is 3.98. The van der Waals surface area contributed by atoms with E-state index in [1.54, 1.807) is 42.5 Å². The molecule has 0 aliphatic carbocycles. The van der Waals surface area contributed by atoms with Crippen LogP contribution >= 0.6 is 34.5 Å². The van der Waals surface area contributed by atoms with Crippen LogP contribution in [0.2, 0.25) is 10.0 Å². The Labute approximate surface area is 174 Å². The number of halogens is 2. The van der Waals surface area contributed by atoms with Crippen LogP contribution < -0.4 is 10.9 Å². The fourth-order valence-electron chi connectivity index (χ4n) is 2.31. The van der Waals surface area contributed by atoms with Crippen LogP contribution in [0.15, 0.2) is 42.5 Å². The van der Waals surface area contributed by atoms with Gasteiger partial charge in [0.05, 0.1) is 5.02 Å². The number of nitrogens with one attached hydrogen (secondary N) is 2. The number of esters is 1. The van der Waals surface area contributed by atoms with Gasteiger partial charge in [-0.15, -0.1) is 11.3 Å². The summed E-state index contributed by atoms with van der Waals surface area (Å²) in [7, 11) is 0. The number of carbonyl (C=O) groups is 3. The first-order valence-electron chi connectivity index (χ1n) is 8.05. The van der Waals surface area contributed by atoms with Crippen molar-refractivity contribution >= 4 is 62.4 Å². The lowest BCUT2D eigenvalue weighted by Crippen LogP contribution is -2.43. The zero-order valence-electron chi connectivity index (χ0n) is 14.5. The van der Waals surface area contributed by atoms with E-state index in [1.807, 2.05) is 6.92 Å². The van der Waals surface area contributed by atoms with Gasteiger partial charge < -0.3 is 4.74 Å². The van der Waals surface area contributed by atoms with Crippen LogP contribution in [0, 0.1) is 6.92 Å². The molecule has 3 rings (SSSR count). The molecule has 0 aliphatic heterocycles. The van der Waals surface area contributed by atoms with Gasteiger partial charge in [-0.05, 0) is 31.2 Å². The second-order valence-corrected chi connectivity index (χ2v) is 7.70. The third kappa shape index (κ3) is 4.62. The molecule has 0 fully saturated rings. The van der Waals surface area contributed by atoms with Crippen LogP contribution in [-0.4, -0.2) is 24.4 Å². The second kappa shape index (κ2) is 8.60. The van der Waals surface area contributed by atoms with E-state index in [-0.39, 0.29) is 9.90 Å². The zero-order chi connectivity index (χ0) is 20.3. The van der Waals surface area contributed by atoms with E-state index in [0.717, 1.165) is 21.6 Å². The van der Waals surface area contributed by atoms with Crippen molar-refractivity contribution in [3.63, 3.8) is 0 Å². The Morgan fingerprint density at radius 2 is 1.75 bits per heavy atom. The standard InChI is InChI=1S/C19H14Cl2N2O4S/c1-10-2-4-11(5-3-10)18(25)23-22-15(24)9-27-19(26)17-16(21)13-7-6-12(20)8-14(13)28-17/h2-8H,9H2,1H3,(H,22,24)(H,23,25). The number of amides is 2. The number of benzene rings is 2. The molecule has 2 N–H and O–H groups in total. The maximum atomic E-state index is 12.2. The molecule has 9 heteroatoms. The third-order valence-corrected chi connectivity index (χ3v) is 5.61. The van der Waals surface area contributed by atoms with Gasteiger partial charge in [0, 0.05) is 20.7 Å². The average molecular weight is 437 g/mol. The molecule has 0 bridgehead atoms. The Morgan fingerprint density at radius 3 is 2.46 bits per heavy atom. The highest BCUT2D eigenvalue weighted by atomic mass is 35.5. The maximum absolute atomic E-state index is 12.2. The minimum atomic E-state index is -0.734. The molecule has 0 atom stereocenters. The molecule has 0 aliphatic rings. The normalized spacial score (nSPS) is 10.5. The molecule has 3 aromatic rings. The van der Waals surface area contributed by atoms with E-state index in [2.05, 4.69) is 10.9 Å². The summed E-state index contributed by atoms with van der Waals surface area (Å²) < 4.78 is 5.71. The Morgan fingerprint density at radius 1 is 1.04 bits per heavy atom. The topological polar surface area (TPSA) is 84.5 Å². The van der Waals surface area contributed by atoms with Gasteiger partial charge in [-0.25, -0.2) is 4.79 Å². The minimum Gasteiger partial charge on any atom is -0.451 e. The molecule has 2 aromatic carbocycles. The van der Waals surface area contributed by atoms with Gasteiger partial charge in [0.1, 0.15) is 4.88 Å². The molecule has 1 aromatic heterocycles. The van der Waals surface area contributed by atoms with Crippen molar-refractivity contribution in [1.29, 1.82) is 0 Å². The predicted molar refractivity (Wildman–Crippen MR) is 109 cm³/mol. The lowest BCUT2D eigenvalue weighted by molar-refractivity contribution is -0.125. The Kier molecular flexibility index (Phi) is 6.18. The van der Waals surface area contributed by atoms with Gasteiger partial charge in [0.15, 0.2) is 6.61 Å². The number of aryl methyl sites for hydroxylation is 1. The molecule has 0 saturated carbocycles. The van der Waals surface area contributed by atoms with Crippen molar-refractivity contribution in [2.75, 3.05) is 6.61 Å². The summed E-state index contributed by atoms with van der Waals surface area (Å²) in [6.07, 6.45) is 0. The quantitative estimate of drug-likeness (QED) is 0.475. The first kappa shape index (κ1) is 20.1. The van der Waals surface area contributed by atoms with E-state index in [9.17, 15) is 14.4 Å². The van der Waals surface area contributed by atoms with E-state index in [0.29, 0.717) is 16.0 Å². The molecule has 1 heterocycles. The number of hydrogen-bond donors (Lipinski definition) is 2. The number of fused-ring (bicyclic) bond motifs is 1. The minimum absolute atomic E-state index is 0.176. The SMILES string of the molecule is Cc1ccc(C(=O)NNC(=O)COC(=O)c2sc3cc(Cl)ccc3c2Cl)cc1. The molecule has 28 heavy (non-hydrogen) atoms. The van der Waals surface area contributed by atoms with E-state index >= 15 is 0 Å². The molecule has 0 radical (unpaired) electrons. The summed E-state index contributed by atoms with van der Waals surface area (Å²) in [5.41, 5.74) is 5.84. The summed E-state index contributed by atoms with van der Waals surface area (Å²) in [5.74, 6) is -1.90. The number of ether oxygens (including phenoxy) is 1. The average Bonchev–Trinajstić information content (AvgIpc) is 3.00. The van der Waals surface area contributed by atoms with Crippen LogP contribution in [-0.2, 0) is 9.53 Å². The van der Waals surface area contributed by atoms with E-state index in [1.165, 1.54) is 0 Å². The van der Waals surface area contributed by atoms with E-state index < -0.39 is 24.4 Å². The highest BCUT2D eigenvalue weighted by Crippen LogP contribution is 2.37. The first-order valence-corrected chi connectivity index (χ1v) is 9.63. The smallest absolute Gasteiger partial charge is 0.350 e. The largest absolute Gasteiger partial charge is 0.451 e. The highest BCUT2D eigenvalue weighted by molar-refractivity contribution is 7.21. The molecular formula is C19H14Cl2N2O4S. The summed E-state index contributed by atoms with van der Waals surface area (Å²) >= 11 is 13.3. The summed E-state index contributed by atoms with van der Waals surface area (Å²) in [6, 6.07) is 11.9. The van der Waals surface area contributed by atoms with Gasteiger partial charge in [-0.2, -0.15) is 0 Å². The number of rotatable bonds is 4. The molecule has 2 amide bonds. The van der Waals surface area contributed by atoms with Crippen molar-refractivity contribution in [3.05, 3.63) is 68.5 Å². The summed E-state index contributed by atoms with van der Waals surface area (Å²) in [5, 5.41) is 1.45. The number of hydrazine groups is 1. The van der Waals surface area contributed by atoms with Gasteiger partial charge >= 0.3 is 5.97 Å². The first-order chi connectivity index (χ1) is 13.3. The van der Waals surface area contributed by atoms with Gasteiger partial charge in [-0.3, -0.25) is 20.4 Å². The molecule has 144 valence electrons. The van der Waals surface area contributed by atoms with Crippen molar-refractivity contribution < 1.29 is 19.1 Å². The van der Waals surface area contributed by atoms with Crippen LogP contribution in [0.4, 0.5) is 0 Å². The lowest BCUT2D eigenvalue weighted by atomic mass is 10.1. The van der Waals surface area contributed by atoms with Crippen LogP contribution in [0.5, 0.6) is 0 Å². The maximum Gasteiger partial charge on any atom is 0.350 e. The Hall–Kier alpha value is -2.61. The van der Waals surface area contributed by atoms with E-state index in [4.69, 9.17) is 27.9 Å². The molecule has 0 saturated heterocycles. The van der Waals surface area contributed by atoms with Crippen LogP contribution in [0.25, 0.3) is 10.1 Å². The molecular weight excluding hydrogens is 423 g/mol. The monoisotopic (exact) mass is 436 g/mol. The van der Waals surface area contributed by atoms with Crippen molar-refractivity contribution in [3.8, 4) is 0 Å². The fraction of sp³-hybridized carbons (Fsp3) is 0.105. The second-order valence-electron chi connectivity index (χ2n) is 5.83. The third-order valence-electron chi connectivity index (χ3n) is 3.74. The van der Waals surface area contributed by atoms with Gasteiger partial charge in [0.2, 0.25) is 0 Å². The molecule has 6 nitrogen and oxygen atoms in total. The number of hydrogen-bond acceptors (Lipinski definition) is 5. The highest BCUT2D eigenvalue weighted by Gasteiger charge is 2.19. The zero-order valence-corrected chi connectivity index (χ0v) is 16.9. The summed E-state index contributed by atoms with van der Waals surface area (Å²) in [6.45, 7) is 1.33. The van der Waals surface area contributed by atoms with Crippen LogP contribution in [0.1, 0.15) is 25.6 Å². The number of thiophene rings is 1. The van der Waals surface area contributed by atoms with Crippen LogP contribution in [0.3, 0.4) is 0 Å². The van der Waals surface area contributed by atoms with Crippen molar-refractivity contribution in [1.82, 2.24) is 10.9 Å². The van der Waals surface area contributed by atoms with Crippen molar-refractivity contribution in [2.24, 2.45) is 0 Å². The van der Waals surface area contributed by atoms with Gasteiger partial charge in [-0.1, -0.05) is 47.0 Å².